The van der Waals surface area contributed by atoms with Crippen LogP contribution in [0.25, 0.3) is 0 Å². The van der Waals surface area contributed by atoms with E-state index in [1.165, 1.54) is 11.1 Å². The summed E-state index contributed by atoms with van der Waals surface area (Å²) in [6, 6.07) is 12.5. The molecule has 0 atom stereocenters. The molecular formula is C22H25N3O5. The van der Waals surface area contributed by atoms with E-state index in [9.17, 15) is 9.59 Å². The Hall–Kier alpha value is -3.55. The first-order valence-electron chi connectivity index (χ1n) is 9.77. The molecule has 3 rings (SSSR count). The van der Waals surface area contributed by atoms with Crippen LogP contribution < -0.4 is 24.5 Å². The third-order valence-electron chi connectivity index (χ3n) is 4.46. The van der Waals surface area contributed by atoms with Crippen LogP contribution in [0.4, 0.5) is 5.69 Å². The Labute approximate surface area is 175 Å². The van der Waals surface area contributed by atoms with Gasteiger partial charge in [-0.3, -0.25) is 14.5 Å². The summed E-state index contributed by atoms with van der Waals surface area (Å²) in [4.78, 5) is 25.8. The Kier molecular flexibility index (Phi) is 7.26. The van der Waals surface area contributed by atoms with Crippen molar-refractivity contribution in [2.75, 3.05) is 31.8 Å². The number of amides is 2. The molecule has 8 heteroatoms. The van der Waals surface area contributed by atoms with Crippen LogP contribution in [0.15, 0.2) is 47.6 Å². The second kappa shape index (κ2) is 10.3. The summed E-state index contributed by atoms with van der Waals surface area (Å²) in [6.45, 7) is 2.48. The molecule has 0 aromatic heterocycles. The predicted octanol–water partition coefficient (Wildman–Crippen LogP) is 2.75. The van der Waals surface area contributed by atoms with Crippen LogP contribution in [0, 0.1) is 0 Å². The molecule has 0 aliphatic carbocycles. The van der Waals surface area contributed by atoms with Crippen molar-refractivity contribution in [3.63, 3.8) is 0 Å². The highest BCUT2D eigenvalue weighted by molar-refractivity contribution is 6.02. The lowest BCUT2D eigenvalue weighted by atomic mass is 10.2. The number of hydrazone groups is 1. The molecule has 0 bridgehead atoms. The molecule has 0 spiro atoms. The van der Waals surface area contributed by atoms with Crippen molar-refractivity contribution in [3.8, 4) is 17.2 Å². The quantitative estimate of drug-likeness (QED) is 0.389. The number of methoxy groups -OCH3 is 1. The number of hydrogen-bond donors (Lipinski definition) is 1. The molecule has 1 heterocycles. The summed E-state index contributed by atoms with van der Waals surface area (Å²) in [5, 5.41) is 3.98. The largest absolute Gasteiger partial charge is 0.493 e. The van der Waals surface area contributed by atoms with Gasteiger partial charge in [0.25, 0.3) is 11.8 Å². The van der Waals surface area contributed by atoms with E-state index < -0.39 is 5.91 Å². The number of carbonyl (C=O) groups is 2. The van der Waals surface area contributed by atoms with E-state index >= 15 is 0 Å². The monoisotopic (exact) mass is 411 g/mol. The molecule has 0 unspecified atom stereocenters. The molecule has 8 nitrogen and oxygen atoms in total. The van der Waals surface area contributed by atoms with E-state index in [1.807, 2.05) is 12.1 Å². The smallest absolute Gasteiger partial charge is 0.265 e. The highest BCUT2D eigenvalue weighted by Crippen LogP contribution is 2.31. The molecule has 2 aromatic rings. The molecule has 1 aliphatic heterocycles. The number of para-hydroxylation sites is 2. The minimum atomic E-state index is -0.414. The van der Waals surface area contributed by atoms with Crippen LogP contribution in [0.1, 0.15) is 25.3 Å². The number of ether oxygens (including phenoxy) is 3. The zero-order valence-electron chi connectivity index (χ0n) is 17.1. The lowest BCUT2D eigenvalue weighted by molar-refractivity contribution is -0.125. The van der Waals surface area contributed by atoms with Crippen LogP contribution in [-0.4, -0.2) is 44.9 Å². The Morgan fingerprint density at radius 3 is 2.90 bits per heavy atom. The lowest BCUT2D eigenvalue weighted by Crippen LogP contribution is -2.44. The Morgan fingerprint density at radius 2 is 2.10 bits per heavy atom. The van der Waals surface area contributed by atoms with Crippen molar-refractivity contribution < 1.29 is 23.8 Å². The highest BCUT2D eigenvalue weighted by atomic mass is 16.5. The van der Waals surface area contributed by atoms with Crippen molar-refractivity contribution >= 4 is 23.7 Å². The molecule has 30 heavy (non-hydrogen) atoms. The molecule has 1 N–H and O–H groups in total. The summed E-state index contributed by atoms with van der Waals surface area (Å²) in [5.74, 6) is 1.13. The van der Waals surface area contributed by atoms with Gasteiger partial charge in [0.2, 0.25) is 0 Å². The number of benzene rings is 2. The summed E-state index contributed by atoms with van der Waals surface area (Å²) < 4.78 is 16.4. The Morgan fingerprint density at radius 1 is 1.27 bits per heavy atom. The van der Waals surface area contributed by atoms with E-state index in [2.05, 4.69) is 17.5 Å². The molecule has 1 aliphatic rings. The lowest BCUT2D eigenvalue weighted by Gasteiger charge is -2.28. The van der Waals surface area contributed by atoms with Gasteiger partial charge in [0.15, 0.2) is 18.1 Å². The fraction of sp³-hybridized carbons (Fsp3) is 0.318. The fourth-order valence-corrected chi connectivity index (χ4v) is 2.90. The summed E-state index contributed by atoms with van der Waals surface area (Å²) in [7, 11) is 1.57. The van der Waals surface area contributed by atoms with Crippen LogP contribution in [0.3, 0.4) is 0 Å². The number of unbranched alkanes of at least 4 members (excludes halogenated alkanes) is 1. The van der Waals surface area contributed by atoms with E-state index in [4.69, 9.17) is 14.2 Å². The van der Waals surface area contributed by atoms with E-state index in [0.717, 1.165) is 18.4 Å². The maximum Gasteiger partial charge on any atom is 0.265 e. The second-order valence-electron chi connectivity index (χ2n) is 6.64. The van der Waals surface area contributed by atoms with Crippen molar-refractivity contribution in [2.24, 2.45) is 5.10 Å². The fourth-order valence-electron chi connectivity index (χ4n) is 2.90. The first-order chi connectivity index (χ1) is 14.6. The average molecular weight is 411 g/mol. The maximum atomic E-state index is 12.3. The topological polar surface area (TPSA) is 89.5 Å². The standard InChI is InChI=1S/C22H25N3O5/c1-3-4-11-29-19-10-9-16(12-20(19)28-2)13-23-24-21(26)14-25-17-7-5-6-8-18(17)30-15-22(25)27/h5-10,12-13H,3-4,11,14-15H2,1-2H3,(H,24,26)/b23-13-. The molecule has 158 valence electrons. The average Bonchev–Trinajstić information content (AvgIpc) is 2.76. The zero-order chi connectivity index (χ0) is 21.3. The van der Waals surface area contributed by atoms with Gasteiger partial charge in [-0.2, -0.15) is 5.10 Å². The van der Waals surface area contributed by atoms with Gasteiger partial charge in [-0.25, -0.2) is 5.43 Å². The number of nitrogens with zero attached hydrogens (tertiary/aromatic N) is 2. The number of fused-ring (bicyclic) bond motifs is 1. The Bertz CT molecular complexity index is 929. The number of anilines is 1. The molecule has 0 saturated heterocycles. The van der Waals surface area contributed by atoms with E-state index in [0.29, 0.717) is 29.5 Å². The maximum absolute atomic E-state index is 12.3. The van der Waals surface area contributed by atoms with Crippen molar-refractivity contribution in [1.29, 1.82) is 0 Å². The summed E-state index contributed by atoms with van der Waals surface area (Å²) >= 11 is 0. The van der Waals surface area contributed by atoms with E-state index in [-0.39, 0.29) is 19.1 Å². The molecule has 0 saturated carbocycles. The predicted molar refractivity (Wildman–Crippen MR) is 113 cm³/mol. The number of rotatable bonds is 9. The SMILES string of the molecule is CCCCOc1ccc(/C=N\NC(=O)CN2C(=O)COc3ccccc32)cc1OC. The minimum absolute atomic E-state index is 0.0972. The first-order valence-corrected chi connectivity index (χ1v) is 9.77. The zero-order valence-corrected chi connectivity index (χ0v) is 17.1. The molecule has 2 aromatic carbocycles. The summed E-state index contributed by atoms with van der Waals surface area (Å²) in [6.07, 6.45) is 3.52. The van der Waals surface area contributed by atoms with Gasteiger partial charge in [0, 0.05) is 0 Å². The first kappa shape index (κ1) is 21.2. The normalized spacial score (nSPS) is 13.0. The molecule has 0 fully saturated rings. The van der Waals surface area contributed by atoms with Gasteiger partial charge in [-0.05, 0) is 42.3 Å². The van der Waals surface area contributed by atoms with E-state index in [1.54, 1.807) is 37.4 Å². The number of nitrogens with one attached hydrogen (secondary N) is 1. The third-order valence-corrected chi connectivity index (χ3v) is 4.46. The molecule has 2 amide bonds. The van der Waals surface area contributed by atoms with Gasteiger partial charge in [0.1, 0.15) is 12.3 Å². The summed E-state index contributed by atoms with van der Waals surface area (Å²) in [5.41, 5.74) is 3.75. The minimum Gasteiger partial charge on any atom is -0.493 e. The number of carbonyl (C=O) groups excluding carboxylic acids is 2. The van der Waals surface area contributed by atoms with Gasteiger partial charge in [0.05, 0.1) is 25.6 Å². The third kappa shape index (κ3) is 5.28. The van der Waals surface area contributed by atoms with Crippen LogP contribution >= 0.6 is 0 Å². The highest BCUT2D eigenvalue weighted by Gasteiger charge is 2.26. The van der Waals surface area contributed by atoms with Crippen LogP contribution in [0.2, 0.25) is 0 Å². The van der Waals surface area contributed by atoms with Gasteiger partial charge in [-0.15, -0.1) is 0 Å². The van der Waals surface area contributed by atoms with Crippen molar-refractivity contribution in [3.05, 3.63) is 48.0 Å². The van der Waals surface area contributed by atoms with Gasteiger partial charge in [-0.1, -0.05) is 25.5 Å². The van der Waals surface area contributed by atoms with Gasteiger partial charge >= 0.3 is 0 Å². The van der Waals surface area contributed by atoms with Crippen LogP contribution in [-0.2, 0) is 9.59 Å². The Balaban J connectivity index is 1.59. The van der Waals surface area contributed by atoms with Crippen LogP contribution in [0.5, 0.6) is 17.2 Å². The van der Waals surface area contributed by atoms with Crippen molar-refractivity contribution in [1.82, 2.24) is 5.43 Å². The second-order valence-corrected chi connectivity index (χ2v) is 6.64. The van der Waals surface area contributed by atoms with Crippen molar-refractivity contribution in [2.45, 2.75) is 19.8 Å². The number of hydrogen-bond acceptors (Lipinski definition) is 6. The molecular weight excluding hydrogens is 386 g/mol. The van der Waals surface area contributed by atoms with Gasteiger partial charge < -0.3 is 14.2 Å². The molecule has 0 radical (unpaired) electrons.